The van der Waals surface area contributed by atoms with Crippen molar-refractivity contribution in [2.75, 3.05) is 25.0 Å². The number of hydrogen-bond donors (Lipinski definition) is 0. The molecule has 0 atom stereocenters. The van der Waals surface area contributed by atoms with Crippen molar-refractivity contribution >= 4 is 46.7 Å². The minimum atomic E-state index is -0.819. The first-order valence-electron chi connectivity index (χ1n) is 3.94. The second-order valence-electron chi connectivity index (χ2n) is 2.17. The first-order valence-corrected chi connectivity index (χ1v) is 5.39. The Morgan fingerprint density at radius 1 is 1.07 bits per heavy atom. The molecule has 0 unspecified atom stereocenters. The Morgan fingerprint density at radius 2 is 1.60 bits per heavy atom. The maximum Gasteiger partial charge on any atom is 0.350 e. The monoisotopic (exact) mass is 274 g/mol. The predicted octanol–water partition coefficient (Wildman–Crippen LogP) is 1.67. The van der Waals surface area contributed by atoms with Crippen LogP contribution in [0.4, 0.5) is 0 Å². The van der Waals surface area contributed by atoms with Crippen LogP contribution in [0.15, 0.2) is 11.1 Å². The highest BCUT2D eigenvalue weighted by atomic mass is 35.5. The molecule has 0 saturated heterocycles. The van der Waals surface area contributed by atoms with Gasteiger partial charge < -0.3 is 9.47 Å². The highest BCUT2D eigenvalue weighted by Crippen LogP contribution is 2.04. The third-order valence-corrected chi connectivity index (χ3v) is 1.64. The number of alkyl halides is 2. The molecule has 0 fully saturated rings. The highest BCUT2D eigenvalue weighted by Gasteiger charge is 2.10. The lowest BCUT2D eigenvalue weighted by atomic mass is 10.5. The first-order chi connectivity index (χ1) is 7.11. The van der Waals surface area contributed by atoms with Gasteiger partial charge in [0.2, 0.25) is 0 Å². The van der Waals surface area contributed by atoms with E-state index in [-0.39, 0.29) is 30.0 Å². The van der Waals surface area contributed by atoms with E-state index in [1.54, 1.807) is 0 Å². The molecule has 0 aromatic heterocycles. The average molecular weight is 276 g/mol. The smallest absolute Gasteiger partial charge is 0.350 e. The van der Waals surface area contributed by atoms with Gasteiger partial charge in [0, 0.05) is 6.08 Å². The number of carbonyl (C=O) groups excluding carboxylic acids is 2. The van der Waals surface area contributed by atoms with Crippen LogP contribution in [0.1, 0.15) is 0 Å². The highest BCUT2D eigenvalue weighted by molar-refractivity contribution is 6.42. The van der Waals surface area contributed by atoms with Gasteiger partial charge in [-0.15, -0.1) is 23.2 Å². The van der Waals surface area contributed by atoms with Crippen LogP contribution in [-0.4, -0.2) is 36.9 Å². The molecule has 0 saturated carbocycles. The Hall–Kier alpha value is -0.450. The average Bonchev–Trinajstić information content (AvgIpc) is 2.22. The van der Waals surface area contributed by atoms with Crippen molar-refractivity contribution in [1.82, 2.24) is 0 Å². The Bertz CT molecular complexity index is 252. The van der Waals surface area contributed by atoms with E-state index >= 15 is 0 Å². The Labute approximate surface area is 102 Å². The molecular formula is C8H9Cl3O4. The SMILES string of the molecule is O=C(/C=C(/Cl)C(=O)OCCCl)OCCCl. The summed E-state index contributed by atoms with van der Waals surface area (Å²) in [4.78, 5) is 21.9. The zero-order chi connectivity index (χ0) is 11.7. The summed E-state index contributed by atoms with van der Waals surface area (Å²) in [6.45, 7) is 0.0823. The standard InChI is InChI=1S/C8H9Cl3O4/c9-1-3-14-7(12)5-6(11)8(13)15-4-2-10/h5H,1-4H2/b6-5+. The third-order valence-electron chi connectivity index (χ3n) is 1.07. The van der Waals surface area contributed by atoms with Gasteiger partial charge >= 0.3 is 11.9 Å². The number of halogens is 3. The van der Waals surface area contributed by atoms with Gasteiger partial charge in [0.25, 0.3) is 0 Å². The van der Waals surface area contributed by atoms with Crippen molar-refractivity contribution in [2.24, 2.45) is 0 Å². The summed E-state index contributed by atoms with van der Waals surface area (Å²) in [6.07, 6.45) is 0.824. The molecule has 0 aromatic carbocycles. The number of ether oxygens (including phenoxy) is 2. The topological polar surface area (TPSA) is 52.6 Å². The molecule has 0 aliphatic carbocycles. The molecule has 0 aliphatic rings. The Kier molecular flexibility index (Phi) is 8.56. The van der Waals surface area contributed by atoms with E-state index in [4.69, 9.17) is 34.8 Å². The van der Waals surface area contributed by atoms with Crippen LogP contribution in [0.2, 0.25) is 0 Å². The second-order valence-corrected chi connectivity index (χ2v) is 3.34. The Morgan fingerprint density at radius 3 is 2.13 bits per heavy atom. The summed E-state index contributed by atoms with van der Waals surface area (Å²) in [5, 5.41) is -0.361. The van der Waals surface area contributed by atoms with E-state index in [0.717, 1.165) is 6.08 Å². The maximum absolute atomic E-state index is 11.0. The van der Waals surface area contributed by atoms with Crippen molar-refractivity contribution in [2.45, 2.75) is 0 Å². The molecular weight excluding hydrogens is 266 g/mol. The van der Waals surface area contributed by atoms with Gasteiger partial charge in [-0.2, -0.15) is 0 Å². The van der Waals surface area contributed by atoms with Crippen molar-refractivity contribution in [3.63, 3.8) is 0 Å². The third kappa shape index (κ3) is 7.48. The van der Waals surface area contributed by atoms with Crippen LogP contribution in [0, 0.1) is 0 Å². The van der Waals surface area contributed by atoms with Crippen LogP contribution in [0.25, 0.3) is 0 Å². The van der Waals surface area contributed by atoms with Crippen LogP contribution in [-0.2, 0) is 19.1 Å². The molecule has 0 rings (SSSR count). The lowest BCUT2D eigenvalue weighted by molar-refractivity contribution is -0.140. The maximum atomic E-state index is 11.0. The number of carbonyl (C=O) groups is 2. The van der Waals surface area contributed by atoms with Gasteiger partial charge in [-0.05, 0) is 0 Å². The summed E-state index contributed by atoms with van der Waals surface area (Å²) in [7, 11) is 0. The van der Waals surface area contributed by atoms with Gasteiger partial charge in [0.05, 0.1) is 11.8 Å². The second kappa shape index (κ2) is 8.83. The molecule has 4 nitrogen and oxygen atoms in total. The fourth-order valence-electron chi connectivity index (χ4n) is 0.543. The van der Waals surface area contributed by atoms with E-state index < -0.39 is 11.9 Å². The molecule has 15 heavy (non-hydrogen) atoms. The van der Waals surface area contributed by atoms with Crippen LogP contribution < -0.4 is 0 Å². The van der Waals surface area contributed by atoms with Crippen LogP contribution in [0.5, 0.6) is 0 Å². The van der Waals surface area contributed by atoms with E-state index in [9.17, 15) is 9.59 Å². The fourth-order valence-corrected chi connectivity index (χ4v) is 0.841. The van der Waals surface area contributed by atoms with Crippen molar-refractivity contribution < 1.29 is 19.1 Å². The van der Waals surface area contributed by atoms with Crippen LogP contribution in [0.3, 0.4) is 0 Å². The van der Waals surface area contributed by atoms with E-state index in [1.807, 2.05) is 0 Å². The molecule has 86 valence electrons. The van der Waals surface area contributed by atoms with Crippen molar-refractivity contribution in [3.05, 3.63) is 11.1 Å². The molecule has 0 N–H and O–H groups in total. The normalized spacial score (nSPS) is 11.0. The first kappa shape index (κ1) is 14.6. The zero-order valence-corrected chi connectivity index (χ0v) is 9.94. The molecule has 0 bridgehead atoms. The minimum Gasteiger partial charge on any atom is -0.461 e. The predicted molar refractivity (Wildman–Crippen MR) is 57.3 cm³/mol. The fraction of sp³-hybridized carbons (Fsp3) is 0.500. The number of hydrogen-bond acceptors (Lipinski definition) is 4. The van der Waals surface area contributed by atoms with Crippen molar-refractivity contribution in [3.8, 4) is 0 Å². The van der Waals surface area contributed by atoms with E-state index in [0.29, 0.717) is 0 Å². The molecule has 0 aromatic rings. The van der Waals surface area contributed by atoms with Gasteiger partial charge in [-0.25, -0.2) is 9.59 Å². The molecule has 0 spiro atoms. The molecule has 0 amide bonds. The van der Waals surface area contributed by atoms with Gasteiger partial charge in [-0.3, -0.25) is 0 Å². The summed E-state index contributed by atoms with van der Waals surface area (Å²) < 4.78 is 9.10. The quantitative estimate of drug-likeness (QED) is 0.420. The molecule has 0 heterocycles. The van der Waals surface area contributed by atoms with Crippen LogP contribution >= 0.6 is 34.8 Å². The molecule has 0 aliphatic heterocycles. The largest absolute Gasteiger partial charge is 0.461 e. The molecule has 0 radical (unpaired) electrons. The lowest BCUT2D eigenvalue weighted by Crippen LogP contribution is -2.10. The minimum absolute atomic E-state index is 0.0289. The lowest BCUT2D eigenvalue weighted by Gasteiger charge is -2.01. The summed E-state index contributed by atoms with van der Waals surface area (Å²) in [6, 6.07) is 0. The van der Waals surface area contributed by atoms with Gasteiger partial charge in [0.1, 0.15) is 18.2 Å². The molecule has 7 heteroatoms. The van der Waals surface area contributed by atoms with Crippen molar-refractivity contribution in [1.29, 1.82) is 0 Å². The summed E-state index contributed by atoms with van der Waals surface area (Å²) in [5.41, 5.74) is 0. The van der Waals surface area contributed by atoms with E-state index in [1.165, 1.54) is 0 Å². The van der Waals surface area contributed by atoms with Gasteiger partial charge in [-0.1, -0.05) is 11.6 Å². The van der Waals surface area contributed by atoms with E-state index in [2.05, 4.69) is 9.47 Å². The number of rotatable bonds is 6. The van der Waals surface area contributed by atoms with Gasteiger partial charge in [0.15, 0.2) is 0 Å². The summed E-state index contributed by atoms with van der Waals surface area (Å²) in [5.74, 6) is -1.23. The Balaban J connectivity index is 4.05. The summed E-state index contributed by atoms with van der Waals surface area (Å²) >= 11 is 16.0. The number of esters is 2. The zero-order valence-electron chi connectivity index (χ0n) is 7.67.